The number of nitrogens with two attached hydrogens (primary N) is 1. The number of carbonyl (C=O) groups is 1. The van der Waals surface area contributed by atoms with E-state index in [0.717, 1.165) is 28.1 Å². The van der Waals surface area contributed by atoms with Crippen molar-refractivity contribution in [3.05, 3.63) is 65.7 Å². The van der Waals surface area contributed by atoms with Crippen LogP contribution in [0.3, 0.4) is 0 Å². The third-order valence-corrected chi connectivity index (χ3v) is 4.03. The van der Waals surface area contributed by atoms with E-state index in [-0.39, 0.29) is 5.91 Å². The Morgan fingerprint density at radius 1 is 1.16 bits per heavy atom. The number of hydrogen-bond acceptors (Lipinski definition) is 4. The predicted octanol–water partition coefficient (Wildman–Crippen LogP) is 2.77. The molecule has 0 spiro atoms. The first kappa shape index (κ1) is 16.9. The molecular formula is C19H21N5O. The zero-order chi connectivity index (χ0) is 17.8. The molecule has 128 valence electrons. The lowest BCUT2D eigenvalue weighted by Crippen LogP contribution is -2.15. The fourth-order valence-corrected chi connectivity index (χ4v) is 2.76. The molecule has 3 N–H and O–H groups in total. The summed E-state index contributed by atoms with van der Waals surface area (Å²) >= 11 is 0. The molecule has 0 saturated heterocycles. The molecule has 2 aromatic heterocycles. The van der Waals surface area contributed by atoms with Gasteiger partial charge in [0.15, 0.2) is 5.69 Å². The van der Waals surface area contributed by atoms with E-state index in [4.69, 9.17) is 5.73 Å². The fourth-order valence-electron chi connectivity index (χ4n) is 2.76. The Morgan fingerprint density at radius 2 is 1.92 bits per heavy atom. The lowest BCUT2D eigenvalue weighted by molar-refractivity contribution is 0.102. The minimum Gasteiger partial charge on any atom is -0.329 e. The first-order valence-corrected chi connectivity index (χ1v) is 8.15. The monoisotopic (exact) mass is 335 g/mol. The summed E-state index contributed by atoms with van der Waals surface area (Å²) in [5.41, 5.74) is 10.9. The third kappa shape index (κ3) is 3.75. The van der Waals surface area contributed by atoms with Crippen LogP contribution in [0, 0.1) is 13.8 Å². The number of benzene rings is 1. The highest BCUT2D eigenvalue weighted by Crippen LogP contribution is 2.25. The number of hydrogen-bond donors (Lipinski definition) is 2. The van der Waals surface area contributed by atoms with Crippen molar-refractivity contribution in [1.82, 2.24) is 14.8 Å². The molecule has 0 saturated carbocycles. The maximum Gasteiger partial charge on any atom is 0.276 e. The van der Waals surface area contributed by atoms with E-state index in [0.29, 0.717) is 18.8 Å². The maximum absolute atomic E-state index is 12.4. The average molecular weight is 335 g/mol. The molecule has 6 nitrogen and oxygen atoms in total. The van der Waals surface area contributed by atoms with E-state index in [1.54, 1.807) is 23.1 Å². The molecule has 0 aliphatic heterocycles. The summed E-state index contributed by atoms with van der Waals surface area (Å²) in [7, 11) is 0. The van der Waals surface area contributed by atoms with Gasteiger partial charge in [0.1, 0.15) is 0 Å². The summed E-state index contributed by atoms with van der Waals surface area (Å²) in [5, 5.41) is 7.20. The van der Waals surface area contributed by atoms with E-state index in [2.05, 4.69) is 15.4 Å². The van der Waals surface area contributed by atoms with Gasteiger partial charge in [-0.2, -0.15) is 5.10 Å². The zero-order valence-corrected chi connectivity index (χ0v) is 14.4. The summed E-state index contributed by atoms with van der Waals surface area (Å²) in [6, 6.07) is 11.5. The highest BCUT2D eigenvalue weighted by Gasteiger charge is 2.13. The first-order valence-electron chi connectivity index (χ1n) is 8.15. The first-order chi connectivity index (χ1) is 12.1. The second kappa shape index (κ2) is 7.27. The van der Waals surface area contributed by atoms with Crippen molar-refractivity contribution in [3.8, 4) is 11.1 Å². The van der Waals surface area contributed by atoms with Crippen molar-refractivity contribution in [1.29, 1.82) is 0 Å². The largest absolute Gasteiger partial charge is 0.329 e. The number of rotatable bonds is 5. The summed E-state index contributed by atoms with van der Waals surface area (Å²) < 4.78 is 1.74. The Balaban J connectivity index is 1.78. The molecule has 0 fully saturated rings. The van der Waals surface area contributed by atoms with Gasteiger partial charge in [0.25, 0.3) is 5.91 Å². The van der Waals surface area contributed by atoms with Crippen LogP contribution in [-0.4, -0.2) is 27.2 Å². The zero-order valence-electron chi connectivity index (χ0n) is 14.4. The Bertz CT molecular complexity index is 886. The van der Waals surface area contributed by atoms with Crippen LogP contribution in [-0.2, 0) is 6.54 Å². The summed E-state index contributed by atoms with van der Waals surface area (Å²) in [6.07, 6.45) is 3.54. The van der Waals surface area contributed by atoms with E-state index >= 15 is 0 Å². The van der Waals surface area contributed by atoms with Crippen LogP contribution in [0.15, 0.2) is 48.8 Å². The Hall–Kier alpha value is -2.99. The van der Waals surface area contributed by atoms with Crippen LogP contribution >= 0.6 is 0 Å². The van der Waals surface area contributed by atoms with Crippen LogP contribution in [0.2, 0.25) is 0 Å². The number of carbonyl (C=O) groups excluding carboxylic acids is 1. The Kier molecular flexibility index (Phi) is 4.90. The SMILES string of the molecule is Cc1cc(NC(=O)c2cc(C)n(CCN)n2)ccc1-c1ccncc1. The quantitative estimate of drug-likeness (QED) is 0.751. The van der Waals surface area contributed by atoms with Crippen LogP contribution in [0.25, 0.3) is 11.1 Å². The molecule has 0 bridgehead atoms. The van der Waals surface area contributed by atoms with Crippen molar-refractivity contribution in [3.63, 3.8) is 0 Å². The van der Waals surface area contributed by atoms with Crippen LogP contribution < -0.4 is 11.1 Å². The second-order valence-electron chi connectivity index (χ2n) is 5.90. The van der Waals surface area contributed by atoms with E-state index < -0.39 is 0 Å². The molecule has 0 radical (unpaired) electrons. The summed E-state index contributed by atoms with van der Waals surface area (Å²) in [5.74, 6) is -0.227. The number of nitrogens with one attached hydrogen (secondary N) is 1. The molecule has 0 atom stereocenters. The van der Waals surface area contributed by atoms with Gasteiger partial charge in [0, 0.05) is 30.3 Å². The number of anilines is 1. The van der Waals surface area contributed by atoms with Gasteiger partial charge < -0.3 is 11.1 Å². The molecule has 1 aromatic carbocycles. The number of nitrogens with zero attached hydrogens (tertiary/aromatic N) is 3. The van der Waals surface area contributed by atoms with Gasteiger partial charge in [0.05, 0.1) is 6.54 Å². The van der Waals surface area contributed by atoms with Gasteiger partial charge in [-0.3, -0.25) is 14.5 Å². The Labute approximate surface area is 146 Å². The molecule has 1 amide bonds. The highest BCUT2D eigenvalue weighted by atomic mass is 16.1. The smallest absolute Gasteiger partial charge is 0.276 e. The maximum atomic E-state index is 12.4. The second-order valence-corrected chi connectivity index (χ2v) is 5.90. The Morgan fingerprint density at radius 3 is 2.60 bits per heavy atom. The van der Waals surface area contributed by atoms with Gasteiger partial charge in [-0.05, 0) is 60.9 Å². The third-order valence-electron chi connectivity index (χ3n) is 4.03. The molecule has 2 heterocycles. The molecule has 3 rings (SSSR count). The van der Waals surface area contributed by atoms with Crippen molar-refractivity contribution in [2.45, 2.75) is 20.4 Å². The van der Waals surface area contributed by atoms with Gasteiger partial charge in [0.2, 0.25) is 0 Å². The van der Waals surface area contributed by atoms with Gasteiger partial charge in [-0.15, -0.1) is 0 Å². The van der Waals surface area contributed by atoms with Crippen molar-refractivity contribution in [2.24, 2.45) is 5.73 Å². The number of amides is 1. The van der Waals surface area contributed by atoms with Crippen molar-refractivity contribution in [2.75, 3.05) is 11.9 Å². The van der Waals surface area contributed by atoms with Gasteiger partial charge >= 0.3 is 0 Å². The van der Waals surface area contributed by atoms with Gasteiger partial charge in [-0.1, -0.05) is 6.07 Å². The average Bonchev–Trinajstić information content (AvgIpc) is 2.97. The minimum atomic E-state index is -0.227. The lowest BCUT2D eigenvalue weighted by Gasteiger charge is -2.09. The van der Waals surface area contributed by atoms with E-state index in [9.17, 15) is 4.79 Å². The highest BCUT2D eigenvalue weighted by molar-refractivity contribution is 6.03. The fraction of sp³-hybridized carbons (Fsp3) is 0.211. The topological polar surface area (TPSA) is 85.8 Å². The summed E-state index contributed by atoms with van der Waals surface area (Å²) in [4.78, 5) is 16.5. The standard InChI is InChI=1S/C19H21N5O/c1-13-11-16(3-4-17(13)15-5-8-21-9-6-15)22-19(25)18-12-14(2)24(23-18)10-7-20/h3-6,8-9,11-12H,7,10,20H2,1-2H3,(H,22,25). The molecule has 0 unspecified atom stereocenters. The van der Waals surface area contributed by atoms with Gasteiger partial charge in [-0.25, -0.2) is 0 Å². The van der Waals surface area contributed by atoms with E-state index in [1.807, 2.05) is 44.2 Å². The van der Waals surface area contributed by atoms with Crippen LogP contribution in [0.5, 0.6) is 0 Å². The molecule has 6 heteroatoms. The molecule has 3 aromatic rings. The minimum absolute atomic E-state index is 0.227. The van der Waals surface area contributed by atoms with E-state index in [1.165, 1.54) is 0 Å². The van der Waals surface area contributed by atoms with Crippen LogP contribution in [0.1, 0.15) is 21.7 Å². The van der Waals surface area contributed by atoms with Crippen molar-refractivity contribution >= 4 is 11.6 Å². The molecular weight excluding hydrogens is 314 g/mol. The summed E-state index contributed by atoms with van der Waals surface area (Å²) in [6.45, 7) is 5.01. The van der Waals surface area contributed by atoms with Crippen molar-refractivity contribution < 1.29 is 4.79 Å². The number of aryl methyl sites for hydroxylation is 2. The molecule has 25 heavy (non-hydrogen) atoms. The van der Waals surface area contributed by atoms with Crippen LogP contribution in [0.4, 0.5) is 5.69 Å². The number of pyridine rings is 1. The predicted molar refractivity (Wildman–Crippen MR) is 98.4 cm³/mol. The molecule has 0 aliphatic carbocycles. The number of aromatic nitrogens is 3. The normalized spacial score (nSPS) is 10.7. The molecule has 0 aliphatic rings. The lowest BCUT2D eigenvalue weighted by atomic mass is 10.0.